The van der Waals surface area contributed by atoms with Gasteiger partial charge in [0, 0.05) is 49.6 Å². The van der Waals surface area contributed by atoms with Gasteiger partial charge in [-0.1, -0.05) is 0 Å². The van der Waals surface area contributed by atoms with Crippen molar-refractivity contribution in [3.8, 4) is 0 Å². The molecule has 2 aromatic rings. The summed E-state index contributed by atoms with van der Waals surface area (Å²) in [5, 5.41) is 7.57. The van der Waals surface area contributed by atoms with E-state index in [0.29, 0.717) is 12.1 Å². The fraction of sp³-hybridized carbons (Fsp3) is 0.400. The Hall–Kier alpha value is -3.83. The Labute approximate surface area is 209 Å². The van der Waals surface area contributed by atoms with E-state index in [-0.39, 0.29) is 40.2 Å². The van der Waals surface area contributed by atoms with Crippen LogP contribution >= 0.6 is 0 Å². The van der Waals surface area contributed by atoms with Crippen LogP contribution in [0.2, 0.25) is 0 Å². The van der Waals surface area contributed by atoms with Gasteiger partial charge in [0.1, 0.15) is 5.69 Å². The molecule has 2 fully saturated rings. The summed E-state index contributed by atoms with van der Waals surface area (Å²) in [5.74, 6) is -7.73. The molecular formula is C25H25F4N5O3. The van der Waals surface area contributed by atoms with E-state index in [4.69, 9.17) is 5.73 Å². The van der Waals surface area contributed by atoms with Crippen molar-refractivity contribution in [1.29, 1.82) is 0 Å². The number of nitrogens with two attached hydrogens (primary N) is 1. The van der Waals surface area contributed by atoms with Gasteiger partial charge in [0.05, 0.1) is 16.8 Å². The molecule has 37 heavy (non-hydrogen) atoms. The van der Waals surface area contributed by atoms with Gasteiger partial charge in [-0.15, -0.1) is 0 Å². The van der Waals surface area contributed by atoms with Crippen LogP contribution in [0.25, 0.3) is 0 Å². The lowest BCUT2D eigenvalue weighted by molar-refractivity contribution is -0.137. The van der Waals surface area contributed by atoms with Crippen LogP contribution in [-0.4, -0.2) is 40.7 Å². The molecule has 8 nitrogen and oxygen atoms in total. The Kier molecular flexibility index (Phi) is 5.61. The summed E-state index contributed by atoms with van der Waals surface area (Å²) in [6, 6.07) is 2.91. The van der Waals surface area contributed by atoms with Crippen LogP contribution in [0, 0.1) is 24.5 Å². The first-order valence-electron chi connectivity index (χ1n) is 11.8. The van der Waals surface area contributed by atoms with Crippen molar-refractivity contribution in [3.05, 3.63) is 64.2 Å². The summed E-state index contributed by atoms with van der Waals surface area (Å²) in [7, 11) is 1.52. The predicted molar refractivity (Wildman–Crippen MR) is 125 cm³/mol. The molecule has 5 rings (SSSR count). The first-order valence-corrected chi connectivity index (χ1v) is 11.8. The van der Waals surface area contributed by atoms with Crippen LogP contribution in [0.4, 0.5) is 23.2 Å². The monoisotopic (exact) mass is 519 g/mol. The number of fused-ring (bicyclic) bond motifs is 3. The van der Waals surface area contributed by atoms with Crippen molar-refractivity contribution in [1.82, 2.24) is 15.2 Å². The van der Waals surface area contributed by atoms with Gasteiger partial charge in [0.25, 0.3) is 23.5 Å². The average Bonchev–Trinajstić information content (AvgIpc) is 3.38. The molecule has 0 bridgehead atoms. The summed E-state index contributed by atoms with van der Waals surface area (Å²) >= 11 is 0. The van der Waals surface area contributed by atoms with Crippen molar-refractivity contribution < 1.29 is 31.9 Å². The number of aromatic nitrogens is 1. The molecule has 2 aliphatic carbocycles. The zero-order chi connectivity index (χ0) is 26.9. The molecule has 12 heteroatoms. The number of ketones is 1. The van der Waals surface area contributed by atoms with Crippen molar-refractivity contribution in [2.75, 3.05) is 12.4 Å². The quantitative estimate of drug-likeness (QED) is 0.255. The van der Waals surface area contributed by atoms with Crippen LogP contribution in [-0.2, 0) is 11.2 Å². The highest BCUT2D eigenvalue weighted by Gasteiger charge is 2.59. The number of amides is 2. The van der Waals surface area contributed by atoms with E-state index < -0.39 is 53.5 Å². The Bertz CT molecular complexity index is 1370. The largest absolute Gasteiger partial charge is 0.399 e. The second-order valence-electron chi connectivity index (χ2n) is 9.98. The second kappa shape index (κ2) is 8.35. The molecule has 2 saturated carbocycles. The third-order valence-corrected chi connectivity index (χ3v) is 7.37. The fourth-order valence-electron chi connectivity index (χ4n) is 5.58. The van der Waals surface area contributed by atoms with E-state index in [2.05, 4.69) is 16.0 Å². The molecule has 196 valence electrons. The highest BCUT2D eigenvalue weighted by Crippen LogP contribution is 2.54. The lowest BCUT2D eigenvalue weighted by atomic mass is 9.71. The number of nitrogens with zero attached hydrogens (tertiary/aromatic N) is 1. The van der Waals surface area contributed by atoms with Gasteiger partial charge in [-0.25, -0.2) is 17.6 Å². The molecule has 5 N–H and O–H groups in total. The van der Waals surface area contributed by atoms with E-state index in [9.17, 15) is 31.9 Å². The number of hydrogen-bond donors (Lipinski definition) is 4. The van der Waals surface area contributed by atoms with Crippen LogP contribution in [0.3, 0.4) is 0 Å². The second-order valence-corrected chi connectivity index (χ2v) is 9.98. The van der Waals surface area contributed by atoms with Crippen molar-refractivity contribution >= 4 is 23.3 Å². The molecular weight excluding hydrogens is 494 g/mol. The molecule has 2 heterocycles. The van der Waals surface area contributed by atoms with Crippen LogP contribution < -0.4 is 21.7 Å². The van der Waals surface area contributed by atoms with Crippen LogP contribution in [0.1, 0.15) is 57.4 Å². The fourth-order valence-corrected chi connectivity index (χ4v) is 5.58. The van der Waals surface area contributed by atoms with Gasteiger partial charge in [0.2, 0.25) is 0 Å². The number of rotatable bonds is 7. The Morgan fingerprint density at radius 1 is 1.16 bits per heavy atom. The number of benzene rings is 1. The lowest BCUT2D eigenvalue weighted by Gasteiger charge is -2.47. The predicted octanol–water partition coefficient (Wildman–Crippen LogP) is 2.93. The van der Waals surface area contributed by atoms with E-state index in [0.717, 1.165) is 18.6 Å². The number of anilines is 1. The van der Waals surface area contributed by atoms with E-state index in [1.165, 1.54) is 26.2 Å². The molecule has 1 aromatic carbocycles. The minimum Gasteiger partial charge on any atom is -0.399 e. The normalized spacial score (nSPS) is 22.4. The molecule has 1 aliphatic heterocycles. The standard InChI is InChI=1S/C25H25F4N5O3/c1-11-19(21(35)23(37)33-24(18(30)8-31-2)9-25(28,29)10-24)17-6-12-5-16(12)34(17)20(11)22(36)32-13-3-4-14(26)15(27)7-13/h3-4,7-8,12,16,31H,5-6,9-10,30H2,1-2H3,(H,32,36)(H,33,37)/b18-8-. The number of alkyl halides is 2. The van der Waals surface area contributed by atoms with E-state index in [1.807, 2.05) is 0 Å². The van der Waals surface area contributed by atoms with Gasteiger partial charge in [-0.3, -0.25) is 14.4 Å². The third-order valence-electron chi connectivity index (χ3n) is 7.37. The molecule has 0 radical (unpaired) electrons. The van der Waals surface area contributed by atoms with Crippen molar-refractivity contribution in [2.24, 2.45) is 11.7 Å². The van der Waals surface area contributed by atoms with Gasteiger partial charge < -0.3 is 26.3 Å². The number of carbonyl (C=O) groups is 3. The number of halogens is 4. The summed E-state index contributed by atoms with van der Waals surface area (Å²) in [5.41, 5.74) is 5.29. The summed E-state index contributed by atoms with van der Waals surface area (Å²) < 4.78 is 56.2. The number of nitrogens with one attached hydrogen (secondary N) is 3. The first-order chi connectivity index (χ1) is 17.4. The summed E-state index contributed by atoms with van der Waals surface area (Å²) in [6.07, 6.45) is 1.07. The van der Waals surface area contributed by atoms with Crippen molar-refractivity contribution in [3.63, 3.8) is 0 Å². The van der Waals surface area contributed by atoms with Gasteiger partial charge in [0.15, 0.2) is 11.6 Å². The third kappa shape index (κ3) is 4.04. The van der Waals surface area contributed by atoms with Gasteiger partial charge >= 0.3 is 0 Å². The number of carbonyl (C=O) groups excluding carboxylic acids is 3. The minimum atomic E-state index is -3.04. The minimum absolute atomic E-state index is 0.0186. The Balaban J connectivity index is 1.45. The molecule has 0 saturated heterocycles. The molecule has 3 aliphatic rings. The highest BCUT2D eigenvalue weighted by molar-refractivity contribution is 6.44. The Morgan fingerprint density at radius 3 is 2.49 bits per heavy atom. The van der Waals surface area contributed by atoms with E-state index >= 15 is 0 Å². The lowest BCUT2D eigenvalue weighted by Crippen LogP contribution is -2.65. The van der Waals surface area contributed by atoms with Crippen LogP contribution in [0.5, 0.6) is 0 Å². The SMILES string of the molecule is CN/C=C(\N)C1(NC(=O)C(=O)c2c(C)c(C(=O)Nc3ccc(F)c(F)c3)n3c2CC2CC23)CC(F)(F)C1. The molecule has 2 unspecified atom stereocenters. The van der Waals surface area contributed by atoms with Crippen LogP contribution in [0.15, 0.2) is 30.1 Å². The van der Waals surface area contributed by atoms with Gasteiger partial charge in [-0.05, 0) is 43.4 Å². The number of Topliss-reactive ketones (excluding diaryl/α,β-unsaturated/α-hetero) is 1. The molecule has 2 amide bonds. The molecule has 2 atom stereocenters. The molecule has 0 spiro atoms. The highest BCUT2D eigenvalue weighted by atomic mass is 19.3. The zero-order valence-electron chi connectivity index (χ0n) is 20.1. The maximum Gasteiger partial charge on any atom is 0.293 e. The van der Waals surface area contributed by atoms with E-state index in [1.54, 1.807) is 4.57 Å². The van der Waals surface area contributed by atoms with Gasteiger partial charge in [-0.2, -0.15) is 0 Å². The zero-order valence-corrected chi connectivity index (χ0v) is 20.1. The molecule has 1 aromatic heterocycles. The van der Waals surface area contributed by atoms with Crippen molar-refractivity contribution in [2.45, 2.75) is 50.1 Å². The summed E-state index contributed by atoms with van der Waals surface area (Å²) in [4.78, 5) is 39.6. The topological polar surface area (TPSA) is 118 Å². The maximum absolute atomic E-state index is 13.8. The smallest absolute Gasteiger partial charge is 0.293 e. The Morgan fingerprint density at radius 2 is 1.86 bits per heavy atom. The average molecular weight is 519 g/mol. The summed E-state index contributed by atoms with van der Waals surface area (Å²) in [6.45, 7) is 1.52. The number of hydrogen-bond acceptors (Lipinski definition) is 5. The first kappa shape index (κ1) is 24.8. The maximum atomic E-state index is 13.8.